The molecule has 92 valence electrons. The Morgan fingerprint density at radius 3 is 2.95 bits per heavy atom. The molecule has 0 spiro atoms. The minimum absolute atomic E-state index is 0.425. The summed E-state index contributed by atoms with van der Waals surface area (Å²) in [7, 11) is 0. The summed E-state index contributed by atoms with van der Waals surface area (Å²) in [5.74, 6) is 0.425. The number of rotatable bonds is 2. The SMILES string of the molecule is [C-]#[N+]c1cnc2ccc(-c3cncn3C3CC3)nn12. The molecule has 0 saturated heterocycles. The molecule has 3 aromatic heterocycles. The third-order valence-electron chi connectivity index (χ3n) is 3.33. The summed E-state index contributed by atoms with van der Waals surface area (Å²) in [5, 5.41) is 4.50. The lowest BCUT2D eigenvalue weighted by Crippen LogP contribution is -1.99. The van der Waals surface area contributed by atoms with Crippen molar-refractivity contribution in [3.63, 3.8) is 0 Å². The molecule has 1 aliphatic carbocycles. The Kier molecular flexibility index (Phi) is 1.97. The standard InChI is InChI=1S/C13H10N6/c1-14-13-7-16-12-5-4-10(17-19(12)13)11-6-15-8-18(11)9-2-3-9/h4-9H,2-3H2. The van der Waals surface area contributed by atoms with Crippen molar-refractivity contribution in [2.75, 3.05) is 0 Å². The molecule has 4 rings (SSSR count). The van der Waals surface area contributed by atoms with Gasteiger partial charge in [-0.05, 0) is 18.9 Å². The van der Waals surface area contributed by atoms with E-state index in [9.17, 15) is 0 Å². The molecule has 0 bridgehead atoms. The molecule has 1 fully saturated rings. The normalized spacial score (nSPS) is 14.7. The summed E-state index contributed by atoms with van der Waals surface area (Å²) in [4.78, 5) is 11.8. The topological polar surface area (TPSA) is 52.4 Å². The summed E-state index contributed by atoms with van der Waals surface area (Å²) in [6, 6.07) is 4.35. The van der Waals surface area contributed by atoms with E-state index >= 15 is 0 Å². The van der Waals surface area contributed by atoms with Crippen molar-refractivity contribution in [1.29, 1.82) is 0 Å². The van der Waals surface area contributed by atoms with Gasteiger partial charge in [0, 0.05) is 12.1 Å². The van der Waals surface area contributed by atoms with E-state index in [-0.39, 0.29) is 0 Å². The third-order valence-corrected chi connectivity index (χ3v) is 3.33. The molecule has 19 heavy (non-hydrogen) atoms. The third kappa shape index (κ3) is 1.52. The maximum atomic E-state index is 7.11. The van der Waals surface area contributed by atoms with Crippen LogP contribution in [0.1, 0.15) is 18.9 Å². The molecular weight excluding hydrogens is 240 g/mol. The predicted octanol–water partition coefficient (Wildman–Crippen LogP) is 2.48. The number of hydrogen-bond donors (Lipinski definition) is 0. The van der Waals surface area contributed by atoms with Crippen LogP contribution in [0.15, 0.2) is 30.9 Å². The van der Waals surface area contributed by atoms with Crippen LogP contribution in [0.25, 0.3) is 21.9 Å². The lowest BCUT2D eigenvalue weighted by atomic mass is 10.3. The van der Waals surface area contributed by atoms with Gasteiger partial charge < -0.3 is 9.41 Å². The van der Waals surface area contributed by atoms with E-state index in [1.54, 1.807) is 4.52 Å². The molecule has 3 aromatic rings. The summed E-state index contributed by atoms with van der Waals surface area (Å²) in [5.41, 5.74) is 2.50. The highest BCUT2D eigenvalue weighted by atomic mass is 15.3. The van der Waals surface area contributed by atoms with E-state index in [1.165, 1.54) is 19.0 Å². The molecule has 6 heteroatoms. The Labute approximate surface area is 109 Å². The van der Waals surface area contributed by atoms with E-state index < -0.39 is 0 Å². The summed E-state index contributed by atoms with van der Waals surface area (Å²) in [6.45, 7) is 7.11. The Bertz CT molecular complexity index is 802. The van der Waals surface area contributed by atoms with Crippen molar-refractivity contribution in [3.05, 3.63) is 42.3 Å². The van der Waals surface area contributed by atoms with Crippen LogP contribution in [0.4, 0.5) is 5.82 Å². The number of fused-ring (bicyclic) bond motifs is 1. The van der Waals surface area contributed by atoms with Gasteiger partial charge in [0.1, 0.15) is 5.69 Å². The second-order valence-electron chi connectivity index (χ2n) is 4.63. The molecule has 6 nitrogen and oxygen atoms in total. The van der Waals surface area contributed by atoms with Crippen LogP contribution in [-0.2, 0) is 0 Å². The van der Waals surface area contributed by atoms with Gasteiger partial charge in [-0.15, -0.1) is 4.52 Å². The van der Waals surface area contributed by atoms with Gasteiger partial charge in [0.2, 0.25) is 5.65 Å². The molecule has 3 heterocycles. The van der Waals surface area contributed by atoms with Crippen LogP contribution in [0.2, 0.25) is 0 Å². The van der Waals surface area contributed by atoms with Gasteiger partial charge in [-0.3, -0.25) is 0 Å². The Morgan fingerprint density at radius 1 is 1.26 bits per heavy atom. The quantitative estimate of drug-likeness (QED) is 0.656. The van der Waals surface area contributed by atoms with E-state index in [0.717, 1.165) is 11.4 Å². The van der Waals surface area contributed by atoms with E-state index in [4.69, 9.17) is 6.57 Å². The van der Waals surface area contributed by atoms with Crippen LogP contribution >= 0.6 is 0 Å². The molecule has 0 atom stereocenters. The van der Waals surface area contributed by atoms with Crippen LogP contribution in [0.3, 0.4) is 0 Å². The van der Waals surface area contributed by atoms with E-state index in [2.05, 4.69) is 24.5 Å². The van der Waals surface area contributed by atoms with Crippen molar-refractivity contribution >= 4 is 11.5 Å². The number of nitrogens with zero attached hydrogens (tertiary/aromatic N) is 6. The second-order valence-corrected chi connectivity index (χ2v) is 4.63. The monoisotopic (exact) mass is 250 g/mol. The Balaban J connectivity index is 1.90. The molecule has 0 N–H and O–H groups in total. The molecule has 0 unspecified atom stereocenters. The first-order valence-electron chi connectivity index (χ1n) is 6.11. The minimum atomic E-state index is 0.425. The lowest BCUT2D eigenvalue weighted by Gasteiger charge is -2.04. The van der Waals surface area contributed by atoms with Crippen molar-refractivity contribution in [1.82, 2.24) is 24.1 Å². The molecule has 1 saturated carbocycles. The van der Waals surface area contributed by atoms with Crippen LogP contribution in [0.5, 0.6) is 0 Å². The highest BCUT2D eigenvalue weighted by Gasteiger charge is 2.26. The Hall–Kier alpha value is -2.68. The number of hydrogen-bond acceptors (Lipinski definition) is 3. The predicted molar refractivity (Wildman–Crippen MR) is 68.7 cm³/mol. The van der Waals surface area contributed by atoms with Gasteiger partial charge in [-0.2, -0.15) is 0 Å². The first-order valence-corrected chi connectivity index (χ1v) is 6.11. The van der Waals surface area contributed by atoms with E-state index in [1.807, 2.05) is 24.7 Å². The van der Waals surface area contributed by atoms with E-state index in [0.29, 0.717) is 17.5 Å². The first kappa shape index (κ1) is 10.3. The van der Waals surface area contributed by atoms with Gasteiger partial charge in [-0.25, -0.2) is 9.97 Å². The highest BCUT2D eigenvalue weighted by Crippen LogP contribution is 2.37. The Morgan fingerprint density at radius 2 is 2.16 bits per heavy atom. The van der Waals surface area contributed by atoms with Crippen LogP contribution in [-0.4, -0.2) is 24.1 Å². The summed E-state index contributed by atoms with van der Waals surface area (Å²) in [6.07, 6.45) is 7.61. The van der Waals surface area contributed by atoms with Gasteiger partial charge in [-0.1, -0.05) is 11.7 Å². The van der Waals surface area contributed by atoms with Crippen molar-refractivity contribution in [2.24, 2.45) is 0 Å². The highest BCUT2D eigenvalue weighted by molar-refractivity contribution is 5.58. The summed E-state index contributed by atoms with van der Waals surface area (Å²) >= 11 is 0. The van der Waals surface area contributed by atoms with Gasteiger partial charge in [0.15, 0.2) is 0 Å². The molecule has 1 aliphatic rings. The first-order chi connectivity index (χ1) is 9.36. The number of aromatic nitrogens is 5. The maximum Gasteiger partial charge on any atom is 0.275 e. The number of imidazole rings is 2. The largest absolute Gasteiger partial charge is 0.360 e. The zero-order valence-electron chi connectivity index (χ0n) is 10.1. The maximum absolute atomic E-state index is 7.11. The summed E-state index contributed by atoms with van der Waals surface area (Å²) < 4.78 is 3.73. The fourth-order valence-corrected chi connectivity index (χ4v) is 2.22. The average Bonchev–Trinajstić information content (AvgIpc) is 3.03. The molecule has 0 amide bonds. The minimum Gasteiger partial charge on any atom is -0.360 e. The molecule has 0 aromatic carbocycles. The zero-order valence-corrected chi connectivity index (χ0v) is 10.1. The van der Waals surface area contributed by atoms with Crippen molar-refractivity contribution < 1.29 is 0 Å². The van der Waals surface area contributed by atoms with Gasteiger partial charge >= 0.3 is 0 Å². The molecular formula is C13H10N6. The van der Waals surface area contributed by atoms with Gasteiger partial charge in [0.25, 0.3) is 5.82 Å². The van der Waals surface area contributed by atoms with Crippen LogP contribution < -0.4 is 0 Å². The fraction of sp³-hybridized carbons (Fsp3) is 0.231. The van der Waals surface area contributed by atoms with Crippen molar-refractivity contribution in [2.45, 2.75) is 18.9 Å². The average molecular weight is 250 g/mol. The fourth-order valence-electron chi connectivity index (χ4n) is 2.22. The molecule has 0 aliphatic heterocycles. The van der Waals surface area contributed by atoms with Crippen molar-refractivity contribution in [3.8, 4) is 11.4 Å². The second kappa shape index (κ2) is 3.65. The molecule has 0 radical (unpaired) electrons. The smallest absolute Gasteiger partial charge is 0.275 e. The zero-order chi connectivity index (χ0) is 12.8. The lowest BCUT2D eigenvalue weighted by molar-refractivity contribution is 0.743. The van der Waals surface area contributed by atoms with Gasteiger partial charge in [0.05, 0.1) is 24.4 Å². The van der Waals surface area contributed by atoms with Crippen LogP contribution in [0, 0.1) is 6.57 Å².